The molecule has 0 bridgehead atoms. The van der Waals surface area contributed by atoms with Crippen molar-refractivity contribution in [2.24, 2.45) is 0 Å². The van der Waals surface area contributed by atoms with Gasteiger partial charge in [-0.25, -0.2) is 4.79 Å². The Bertz CT molecular complexity index is 911. The van der Waals surface area contributed by atoms with Crippen molar-refractivity contribution in [1.29, 1.82) is 0 Å². The van der Waals surface area contributed by atoms with E-state index in [0.29, 0.717) is 6.42 Å². The van der Waals surface area contributed by atoms with E-state index in [1.165, 1.54) is 12.0 Å². The van der Waals surface area contributed by atoms with Gasteiger partial charge >= 0.3 is 11.9 Å². The van der Waals surface area contributed by atoms with Crippen LogP contribution in [0.5, 0.6) is 0 Å². The van der Waals surface area contributed by atoms with E-state index in [9.17, 15) is 14.4 Å². The summed E-state index contributed by atoms with van der Waals surface area (Å²) in [6, 6.07) is 7.80. The smallest absolute Gasteiger partial charge is 0.333 e. The van der Waals surface area contributed by atoms with Crippen LogP contribution in [0.2, 0.25) is 0 Å². The highest BCUT2D eigenvalue weighted by atomic mass is 16.6. The molecule has 0 radical (unpaired) electrons. The molecule has 7 heteroatoms. The molecule has 0 spiro atoms. The van der Waals surface area contributed by atoms with Crippen LogP contribution in [0, 0.1) is 0 Å². The van der Waals surface area contributed by atoms with E-state index in [1.807, 2.05) is 30.5 Å². The van der Waals surface area contributed by atoms with Crippen LogP contribution < -0.4 is 0 Å². The number of esters is 2. The summed E-state index contributed by atoms with van der Waals surface area (Å²) in [5.41, 5.74) is 0.0842. The fraction of sp³-hybridized carbons (Fsp3) is 0.476. The van der Waals surface area contributed by atoms with E-state index in [4.69, 9.17) is 4.74 Å². The maximum absolute atomic E-state index is 13.2. The lowest BCUT2D eigenvalue weighted by Crippen LogP contribution is -2.70. The van der Waals surface area contributed by atoms with Gasteiger partial charge in [0.15, 0.2) is 5.54 Å². The summed E-state index contributed by atoms with van der Waals surface area (Å²) in [5.74, 6) is -1.05. The molecule has 1 aromatic heterocycles. The number of nitrogens with one attached hydrogen (secondary N) is 1. The average molecular weight is 386 g/mol. The summed E-state index contributed by atoms with van der Waals surface area (Å²) in [5, 5.41) is 0.998. The zero-order chi connectivity index (χ0) is 20.5. The Labute approximate surface area is 164 Å². The van der Waals surface area contributed by atoms with E-state index in [0.717, 1.165) is 16.5 Å². The second-order valence-corrected chi connectivity index (χ2v) is 8.12. The van der Waals surface area contributed by atoms with Gasteiger partial charge in [-0.3, -0.25) is 9.59 Å². The second-order valence-electron chi connectivity index (χ2n) is 8.12. The van der Waals surface area contributed by atoms with E-state index in [2.05, 4.69) is 9.72 Å². The lowest BCUT2D eigenvalue weighted by molar-refractivity contribution is -0.188. The zero-order valence-electron chi connectivity index (χ0n) is 16.7. The number of carbonyl (C=O) groups excluding carboxylic acids is 3. The number of likely N-dealkylation sites (tertiary alicyclic amines) is 1. The molecule has 1 unspecified atom stereocenters. The van der Waals surface area contributed by atoms with Crippen molar-refractivity contribution in [3.63, 3.8) is 0 Å². The molecule has 3 rings (SSSR count). The number of rotatable bonds is 6. The molecule has 2 aromatic rings. The molecule has 1 N–H and O–H groups in total. The van der Waals surface area contributed by atoms with E-state index in [1.54, 1.807) is 20.8 Å². The quantitative estimate of drug-likeness (QED) is 0.609. The first-order valence-corrected chi connectivity index (χ1v) is 9.32. The first-order chi connectivity index (χ1) is 13.2. The van der Waals surface area contributed by atoms with Gasteiger partial charge in [0, 0.05) is 30.1 Å². The Morgan fingerprint density at radius 2 is 1.96 bits per heavy atom. The molecule has 0 saturated carbocycles. The van der Waals surface area contributed by atoms with Crippen molar-refractivity contribution >= 4 is 28.7 Å². The maximum atomic E-state index is 13.2. The molecule has 1 aromatic carbocycles. The maximum Gasteiger partial charge on any atom is 0.333 e. The number of aromatic nitrogens is 1. The van der Waals surface area contributed by atoms with E-state index in [-0.39, 0.29) is 25.3 Å². The van der Waals surface area contributed by atoms with Crippen LogP contribution in [0.25, 0.3) is 10.9 Å². The van der Waals surface area contributed by atoms with Crippen LogP contribution in [0.15, 0.2) is 30.5 Å². The Morgan fingerprint density at radius 3 is 2.61 bits per heavy atom. The van der Waals surface area contributed by atoms with Crippen molar-refractivity contribution in [2.75, 3.05) is 13.7 Å². The number of hydrogen-bond acceptors (Lipinski definition) is 5. The normalized spacial score (nSPS) is 19.4. The van der Waals surface area contributed by atoms with Gasteiger partial charge in [0.1, 0.15) is 5.60 Å². The van der Waals surface area contributed by atoms with Gasteiger partial charge in [0.05, 0.1) is 20.0 Å². The number of fused-ring (bicyclic) bond motifs is 1. The zero-order valence-corrected chi connectivity index (χ0v) is 16.7. The van der Waals surface area contributed by atoms with Gasteiger partial charge in [-0.15, -0.1) is 0 Å². The number of aromatic amines is 1. The van der Waals surface area contributed by atoms with Crippen molar-refractivity contribution < 1.29 is 23.9 Å². The first kappa shape index (κ1) is 19.9. The van der Waals surface area contributed by atoms with Crippen LogP contribution in [-0.2, 0) is 30.3 Å². The molecule has 1 atom stereocenters. The summed E-state index contributed by atoms with van der Waals surface area (Å²) in [4.78, 5) is 41.8. The van der Waals surface area contributed by atoms with Gasteiger partial charge < -0.3 is 19.4 Å². The summed E-state index contributed by atoms with van der Waals surface area (Å²) in [6.45, 7) is 5.50. The number of β-lactam (4-membered cyclic amide) rings is 1. The molecule has 1 saturated heterocycles. The number of para-hydroxylation sites is 1. The molecule has 1 amide bonds. The fourth-order valence-corrected chi connectivity index (χ4v) is 3.61. The number of nitrogens with zero attached hydrogens (tertiary/aromatic N) is 1. The minimum atomic E-state index is -1.12. The molecular formula is C21H26N2O5. The highest BCUT2D eigenvalue weighted by Gasteiger charge is 2.58. The molecule has 150 valence electrons. The lowest BCUT2D eigenvalue weighted by atomic mass is 9.78. The molecule has 1 fully saturated rings. The summed E-state index contributed by atoms with van der Waals surface area (Å²) in [6.07, 6.45) is 2.26. The van der Waals surface area contributed by atoms with Crippen LogP contribution in [-0.4, -0.2) is 52.5 Å². The predicted molar refractivity (Wildman–Crippen MR) is 104 cm³/mol. The minimum Gasteiger partial charge on any atom is -0.469 e. The number of hydrogen-bond donors (Lipinski definition) is 1. The number of methoxy groups -OCH3 is 1. The third-order valence-electron chi connectivity index (χ3n) is 4.97. The molecule has 7 nitrogen and oxygen atoms in total. The Balaban J connectivity index is 1.94. The standard InChI is InChI=1S/C21H26N2O5/c1-20(2,3)28-19(26)21(12-17(24)23(21)10-9-18(25)27-4)11-14-13-22-16-8-6-5-7-15(14)16/h5-8,13,22H,9-12H2,1-4H3. The van der Waals surface area contributed by atoms with Gasteiger partial charge in [-0.05, 0) is 32.4 Å². The molecule has 2 heterocycles. The van der Waals surface area contributed by atoms with Crippen molar-refractivity contribution in [1.82, 2.24) is 9.88 Å². The van der Waals surface area contributed by atoms with Gasteiger partial charge in [-0.2, -0.15) is 0 Å². The number of H-pyrrole nitrogens is 1. The first-order valence-electron chi connectivity index (χ1n) is 9.32. The molecule has 28 heavy (non-hydrogen) atoms. The van der Waals surface area contributed by atoms with Crippen molar-refractivity contribution in [2.45, 2.75) is 51.2 Å². The largest absolute Gasteiger partial charge is 0.469 e. The van der Waals surface area contributed by atoms with Crippen LogP contribution in [0.4, 0.5) is 0 Å². The Morgan fingerprint density at radius 1 is 1.25 bits per heavy atom. The van der Waals surface area contributed by atoms with Crippen molar-refractivity contribution in [3.05, 3.63) is 36.0 Å². The molecule has 1 aliphatic heterocycles. The Kier molecular flexibility index (Phi) is 5.19. The predicted octanol–water partition coefficient (Wildman–Crippen LogP) is 2.59. The Hall–Kier alpha value is -2.83. The second kappa shape index (κ2) is 7.30. The van der Waals surface area contributed by atoms with Crippen LogP contribution >= 0.6 is 0 Å². The lowest BCUT2D eigenvalue weighted by Gasteiger charge is -2.50. The highest BCUT2D eigenvalue weighted by molar-refractivity contribution is 6.00. The number of amides is 1. The van der Waals surface area contributed by atoms with Gasteiger partial charge in [0.25, 0.3) is 0 Å². The average Bonchev–Trinajstić information content (AvgIpc) is 3.02. The molecule has 1 aliphatic rings. The minimum absolute atomic E-state index is 0.0284. The number of carbonyl (C=O) groups is 3. The number of benzene rings is 1. The van der Waals surface area contributed by atoms with Crippen molar-refractivity contribution in [3.8, 4) is 0 Å². The highest BCUT2D eigenvalue weighted by Crippen LogP contribution is 2.39. The van der Waals surface area contributed by atoms with E-state index >= 15 is 0 Å². The monoisotopic (exact) mass is 386 g/mol. The van der Waals surface area contributed by atoms with E-state index < -0.39 is 23.1 Å². The van der Waals surface area contributed by atoms with Crippen LogP contribution in [0.1, 0.15) is 39.2 Å². The topological polar surface area (TPSA) is 88.7 Å². The third-order valence-corrected chi connectivity index (χ3v) is 4.97. The van der Waals surface area contributed by atoms with Gasteiger partial charge in [0.2, 0.25) is 5.91 Å². The van der Waals surface area contributed by atoms with Crippen LogP contribution in [0.3, 0.4) is 0 Å². The SMILES string of the molecule is COC(=O)CCN1C(=O)CC1(Cc1c[nH]c2ccccc12)C(=O)OC(C)(C)C. The summed E-state index contributed by atoms with van der Waals surface area (Å²) < 4.78 is 10.3. The summed E-state index contributed by atoms with van der Waals surface area (Å²) >= 11 is 0. The molecular weight excluding hydrogens is 360 g/mol. The summed E-state index contributed by atoms with van der Waals surface area (Å²) in [7, 11) is 1.30. The fourth-order valence-electron chi connectivity index (χ4n) is 3.61. The number of ether oxygens (including phenoxy) is 2. The third kappa shape index (κ3) is 3.74. The van der Waals surface area contributed by atoms with Gasteiger partial charge in [-0.1, -0.05) is 18.2 Å². The molecule has 0 aliphatic carbocycles.